The molecule has 0 atom stereocenters. The highest BCUT2D eigenvalue weighted by Gasteiger charge is 2.15. The topological polar surface area (TPSA) is 42.2 Å². The van der Waals surface area contributed by atoms with E-state index in [2.05, 4.69) is 10.9 Å². The lowest BCUT2D eigenvalue weighted by Crippen LogP contribution is -2.16. The molecule has 0 unspecified atom stereocenters. The minimum Gasteiger partial charge on any atom is -0.395 e. The van der Waals surface area contributed by atoms with Crippen molar-refractivity contribution in [3.8, 4) is 12.3 Å². The fourth-order valence-electron chi connectivity index (χ4n) is 1.39. The zero-order chi connectivity index (χ0) is 12.6. The van der Waals surface area contributed by atoms with Gasteiger partial charge in [-0.2, -0.15) is 0 Å². The van der Waals surface area contributed by atoms with Gasteiger partial charge < -0.3 is 10.6 Å². The van der Waals surface area contributed by atoms with Crippen LogP contribution in [0.25, 0.3) is 10.2 Å². The maximum Gasteiger partial charge on any atom is 0.187 e. The first kappa shape index (κ1) is 12.0. The molecular weight excluding hydrogens is 261 g/mol. The number of nitrogen functional groups attached to an aromatic ring is 1. The second-order valence-electron chi connectivity index (χ2n) is 3.49. The molecule has 0 bridgehead atoms. The number of hydrogen-bond donors (Lipinski definition) is 1. The number of rotatable bonds is 2. The van der Waals surface area contributed by atoms with Crippen LogP contribution in [0.15, 0.2) is 6.07 Å². The van der Waals surface area contributed by atoms with E-state index in [0.29, 0.717) is 21.9 Å². The van der Waals surface area contributed by atoms with Gasteiger partial charge in [-0.15, -0.1) is 6.42 Å². The first-order valence-electron chi connectivity index (χ1n) is 4.73. The minimum absolute atomic E-state index is 0.0715. The molecule has 1 heterocycles. The third-order valence-corrected chi connectivity index (χ3v) is 3.74. The zero-order valence-corrected chi connectivity index (χ0v) is 10.6. The number of benzene rings is 1. The van der Waals surface area contributed by atoms with Crippen LogP contribution in [0.1, 0.15) is 0 Å². The Morgan fingerprint density at radius 3 is 3.06 bits per heavy atom. The van der Waals surface area contributed by atoms with Gasteiger partial charge in [0.15, 0.2) is 5.13 Å². The van der Waals surface area contributed by atoms with Crippen molar-refractivity contribution in [3.05, 3.63) is 16.9 Å². The molecule has 0 radical (unpaired) electrons. The van der Waals surface area contributed by atoms with Crippen molar-refractivity contribution in [1.29, 1.82) is 0 Å². The molecule has 3 nitrogen and oxygen atoms in total. The molecule has 0 saturated heterocycles. The summed E-state index contributed by atoms with van der Waals surface area (Å²) in [5.74, 6) is 1.97. The Balaban J connectivity index is 2.62. The van der Waals surface area contributed by atoms with Crippen LogP contribution in [0.3, 0.4) is 0 Å². The number of anilines is 2. The highest BCUT2D eigenvalue weighted by atomic mass is 35.5. The van der Waals surface area contributed by atoms with Gasteiger partial charge in [-0.1, -0.05) is 28.9 Å². The summed E-state index contributed by atoms with van der Waals surface area (Å²) in [5, 5.41) is 0.917. The first-order valence-corrected chi connectivity index (χ1v) is 5.92. The van der Waals surface area contributed by atoms with Crippen molar-refractivity contribution >= 4 is 44.0 Å². The van der Waals surface area contributed by atoms with Crippen LogP contribution >= 0.6 is 22.9 Å². The quantitative estimate of drug-likeness (QED) is 0.673. The standard InChI is InChI=1S/C11H9ClFN3S/c1-3-4-16(2)11-15-9-6(12)5-7(13)8(14)10(9)17-11/h1,5H,4,14H2,2H3. The van der Waals surface area contributed by atoms with Crippen LogP contribution in [-0.4, -0.2) is 18.6 Å². The Morgan fingerprint density at radius 2 is 2.41 bits per heavy atom. The van der Waals surface area contributed by atoms with Crippen molar-refractivity contribution in [3.63, 3.8) is 0 Å². The fourth-order valence-corrected chi connectivity index (χ4v) is 2.68. The predicted molar refractivity (Wildman–Crippen MR) is 71.1 cm³/mol. The number of halogens is 2. The maximum atomic E-state index is 13.4. The number of fused-ring (bicyclic) bond motifs is 1. The molecule has 88 valence electrons. The molecule has 2 N–H and O–H groups in total. The molecule has 0 saturated carbocycles. The molecule has 2 aromatic rings. The third kappa shape index (κ3) is 2.02. The van der Waals surface area contributed by atoms with Gasteiger partial charge in [-0.25, -0.2) is 9.37 Å². The summed E-state index contributed by atoms with van der Waals surface area (Å²) in [6.45, 7) is 0.416. The average Bonchev–Trinajstić information content (AvgIpc) is 2.72. The molecule has 1 aromatic carbocycles. The maximum absolute atomic E-state index is 13.4. The number of terminal acetylenes is 1. The summed E-state index contributed by atoms with van der Waals surface area (Å²) in [6.07, 6.45) is 5.22. The van der Waals surface area contributed by atoms with Gasteiger partial charge in [0, 0.05) is 7.05 Å². The number of nitrogens with zero attached hydrogens (tertiary/aromatic N) is 2. The number of aromatic nitrogens is 1. The fraction of sp³-hybridized carbons (Fsp3) is 0.182. The van der Waals surface area contributed by atoms with E-state index in [0.717, 1.165) is 0 Å². The number of hydrogen-bond acceptors (Lipinski definition) is 4. The highest BCUT2D eigenvalue weighted by Crippen LogP contribution is 2.37. The van der Waals surface area contributed by atoms with Gasteiger partial charge >= 0.3 is 0 Å². The van der Waals surface area contributed by atoms with E-state index in [4.69, 9.17) is 23.8 Å². The molecule has 0 aliphatic rings. The molecule has 0 aliphatic carbocycles. The second kappa shape index (κ2) is 4.40. The van der Waals surface area contributed by atoms with Crippen LogP contribution in [0, 0.1) is 18.2 Å². The Labute approximate surface area is 107 Å². The van der Waals surface area contributed by atoms with E-state index in [1.54, 1.807) is 11.9 Å². The monoisotopic (exact) mass is 269 g/mol. The number of nitrogens with two attached hydrogens (primary N) is 1. The smallest absolute Gasteiger partial charge is 0.187 e. The zero-order valence-electron chi connectivity index (χ0n) is 9.00. The van der Waals surface area contributed by atoms with Gasteiger partial charge in [-0.3, -0.25) is 0 Å². The molecule has 0 fully saturated rings. The lowest BCUT2D eigenvalue weighted by atomic mass is 10.3. The average molecular weight is 270 g/mol. The van der Waals surface area contributed by atoms with Gasteiger partial charge in [0.05, 0.1) is 22.0 Å². The molecule has 0 spiro atoms. The van der Waals surface area contributed by atoms with Crippen molar-refractivity contribution in [2.45, 2.75) is 0 Å². The largest absolute Gasteiger partial charge is 0.395 e. The summed E-state index contributed by atoms with van der Waals surface area (Å²) < 4.78 is 13.9. The lowest BCUT2D eigenvalue weighted by Gasteiger charge is -2.10. The predicted octanol–water partition coefficient (Wildman–Crippen LogP) is 2.74. The van der Waals surface area contributed by atoms with Crippen molar-refractivity contribution in [2.75, 3.05) is 24.2 Å². The summed E-state index contributed by atoms with van der Waals surface area (Å²) in [6, 6.07) is 1.17. The Morgan fingerprint density at radius 1 is 1.71 bits per heavy atom. The van der Waals surface area contributed by atoms with Crippen LogP contribution in [0.2, 0.25) is 5.02 Å². The normalized spacial score (nSPS) is 10.5. The van der Waals surface area contributed by atoms with E-state index in [1.807, 2.05) is 0 Å². The molecular formula is C11H9ClFN3S. The van der Waals surface area contributed by atoms with Gasteiger partial charge in [0.2, 0.25) is 0 Å². The van der Waals surface area contributed by atoms with Gasteiger partial charge in [-0.05, 0) is 6.07 Å². The van der Waals surface area contributed by atoms with Gasteiger partial charge in [0.25, 0.3) is 0 Å². The molecule has 1 aromatic heterocycles. The SMILES string of the molecule is C#CCN(C)c1nc2c(Cl)cc(F)c(N)c2s1. The van der Waals surface area contributed by atoms with Crippen LogP contribution in [0.4, 0.5) is 15.2 Å². The molecule has 17 heavy (non-hydrogen) atoms. The van der Waals surface area contributed by atoms with Crippen molar-refractivity contribution < 1.29 is 4.39 Å². The van der Waals surface area contributed by atoms with Crippen LogP contribution in [0.5, 0.6) is 0 Å². The first-order chi connectivity index (χ1) is 8.04. The minimum atomic E-state index is -0.530. The summed E-state index contributed by atoms with van der Waals surface area (Å²) in [4.78, 5) is 6.08. The summed E-state index contributed by atoms with van der Waals surface area (Å²) >= 11 is 7.19. The number of thiazole rings is 1. The van der Waals surface area contributed by atoms with E-state index in [1.165, 1.54) is 17.4 Å². The highest BCUT2D eigenvalue weighted by molar-refractivity contribution is 7.22. The van der Waals surface area contributed by atoms with E-state index in [9.17, 15) is 4.39 Å². The van der Waals surface area contributed by atoms with E-state index in [-0.39, 0.29) is 10.7 Å². The van der Waals surface area contributed by atoms with E-state index < -0.39 is 5.82 Å². The second-order valence-corrected chi connectivity index (χ2v) is 4.87. The lowest BCUT2D eigenvalue weighted by molar-refractivity contribution is 0.634. The van der Waals surface area contributed by atoms with Crippen LogP contribution in [-0.2, 0) is 0 Å². The molecule has 2 rings (SSSR count). The van der Waals surface area contributed by atoms with Crippen molar-refractivity contribution in [1.82, 2.24) is 4.98 Å². The van der Waals surface area contributed by atoms with Crippen molar-refractivity contribution in [2.24, 2.45) is 0 Å². The van der Waals surface area contributed by atoms with Gasteiger partial charge in [0.1, 0.15) is 11.3 Å². The molecule has 0 amide bonds. The summed E-state index contributed by atoms with van der Waals surface area (Å²) in [7, 11) is 1.80. The Hall–Kier alpha value is -1.51. The third-order valence-electron chi connectivity index (χ3n) is 2.25. The summed E-state index contributed by atoms with van der Waals surface area (Å²) in [5.41, 5.74) is 6.23. The molecule has 6 heteroatoms. The molecule has 0 aliphatic heterocycles. The van der Waals surface area contributed by atoms with Crippen LogP contribution < -0.4 is 10.6 Å². The Bertz CT molecular complexity index is 617. The van der Waals surface area contributed by atoms with E-state index >= 15 is 0 Å². The Kier molecular flexibility index (Phi) is 3.09.